The van der Waals surface area contributed by atoms with Crippen LogP contribution in [0.4, 0.5) is 0 Å². The van der Waals surface area contributed by atoms with E-state index in [9.17, 15) is 4.79 Å². The molecule has 0 spiro atoms. The number of nitrogens with one attached hydrogen (secondary N) is 2. The molecule has 1 aromatic rings. The van der Waals surface area contributed by atoms with E-state index in [2.05, 4.69) is 24.4 Å². The lowest BCUT2D eigenvalue weighted by atomic mass is 10.1. The van der Waals surface area contributed by atoms with Crippen LogP contribution in [0.2, 0.25) is 0 Å². The fourth-order valence-corrected chi connectivity index (χ4v) is 2.91. The van der Waals surface area contributed by atoms with E-state index in [0.717, 1.165) is 24.8 Å². The van der Waals surface area contributed by atoms with E-state index < -0.39 is 0 Å². The zero-order valence-electron chi connectivity index (χ0n) is 15.0. The first-order valence-electron chi connectivity index (χ1n) is 8.63. The van der Waals surface area contributed by atoms with Crippen LogP contribution < -0.4 is 15.6 Å². The monoisotopic (exact) mass is 331 g/mol. The topological polar surface area (TPSA) is 53.6 Å². The third-order valence-corrected chi connectivity index (χ3v) is 4.10. The second-order valence-electron chi connectivity index (χ2n) is 6.67. The number of benzene rings is 1. The summed E-state index contributed by atoms with van der Waals surface area (Å²) in [5.41, 5.74) is 8.20. The van der Waals surface area contributed by atoms with Crippen molar-refractivity contribution in [3.05, 3.63) is 42.0 Å². The van der Waals surface area contributed by atoms with Crippen molar-refractivity contribution >= 4 is 5.91 Å². The number of nitrogens with zero attached hydrogens (tertiary/aromatic N) is 1. The average Bonchev–Trinajstić information content (AvgIpc) is 3.00. The molecule has 1 heterocycles. The van der Waals surface area contributed by atoms with Crippen LogP contribution >= 0.6 is 0 Å². The highest BCUT2D eigenvalue weighted by Crippen LogP contribution is 2.17. The molecule has 1 amide bonds. The summed E-state index contributed by atoms with van der Waals surface area (Å²) in [5, 5.41) is 0. The van der Waals surface area contributed by atoms with Gasteiger partial charge in [0, 0.05) is 31.2 Å². The Morgan fingerprint density at radius 3 is 2.83 bits per heavy atom. The highest BCUT2D eigenvalue weighted by molar-refractivity contribution is 5.94. The van der Waals surface area contributed by atoms with Crippen LogP contribution in [0, 0.1) is 0 Å². The zero-order valence-corrected chi connectivity index (χ0v) is 15.0. The maximum Gasteiger partial charge on any atom is 0.253 e. The van der Waals surface area contributed by atoms with Crippen molar-refractivity contribution < 1.29 is 9.53 Å². The maximum atomic E-state index is 12.6. The summed E-state index contributed by atoms with van der Waals surface area (Å²) in [6.07, 6.45) is 3.37. The number of likely N-dealkylation sites (N-methyl/N-ethyl adjacent to an activating group) is 1. The highest BCUT2D eigenvalue weighted by atomic mass is 16.5. The summed E-state index contributed by atoms with van der Waals surface area (Å²) in [6.45, 7) is 9.07. The van der Waals surface area contributed by atoms with E-state index in [4.69, 9.17) is 4.74 Å². The Balaban J connectivity index is 1.91. The van der Waals surface area contributed by atoms with Crippen molar-refractivity contribution in [1.82, 2.24) is 15.8 Å². The maximum absolute atomic E-state index is 12.6. The first kappa shape index (κ1) is 18.5. The molecular formula is C19H29N3O2. The zero-order chi connectivity index (χ0) is 17.5. The van der Waals surface area contributed by atoms with Gasteiger partial charge in [0.15, 0.2) is 0 Å². The van der Waals surface area contributed by atoms with Crippen molar-refractivity contribution in [2.45, 2.75) is 45.2 Å². The third kappa shape index (κ3) is 5.35. The number of ether oxygens (including phenoxy) is 1. The molecule has 1 aromatic carbocycles. The Kier molecular flexibility index (Phi) is 6.82. The highest BCUT2D eigenvalue weighted by Gasteiger charge is 2.25. The molecule has 2 atom stereocenters. The van der Waals surface area contributed by atoms with Crippen molar-refractivity contribution in [3.63, 3.8) is 0 Å². The van der Waals surface area contributed by atoms with Crippen LogP contribution in [0.25, 0.3) is 0 Å². The molecular weight excluding hydrogens is 302 g/mol. The van der Waals surface area contributed by atoms with Gasteiger partial charge in [-0.15, -0.1) is 0 Å². The van der Waals surface area contributed by atoms with Crippen LogP contribution in [-0.4, -0.2) is 43.1 Å². The number of hydrogen-bond acceptors (Lipinski definition) is 4. The molecule has 2 rings (SSSR count). The van der Waals surface area contributed by atoms with E-state index >= 15 is 0 Å². The summed E-state index contributed by atoms with van der Waals surface area (Å²) in [7, 11) is 1.85. The number of rotatable bonds is 8. The van der Waals surface area contributed by atoms with E-state index in [1.165, 1.54) is 0 Å². The average molecular weight is 331 g/mol. The van der Waals surface area contributed by atoms with Gasteiger partial charge in [-0.05, 0) is 43.5 Å². The molecule has 1 aliphatic heterocycles. The Bertz CT molecular complexity index is 573. The number of amides is 1. The molecule has 2 N–H and O–H groups in total. The normalized spacial score (nSPS) is 20.0. The molecule has 1 saturated heterocycles. The predicted molar refractivity (Wildman–Crippen MR) is 97.1 cm³/mol. The number of hydrazine groups is 1. The summed E-state index contributed by atoms with van der Waals surface area (Å²) in [4.78, 5) is 14.4. The van der Waals surface area contributed by atoms with E-state index in [1.54, 1.807) is 11.0 Å². The molecule has 0 aromatic heterocycles. The fourth-order valence-electron chi connectivity index (χ4n) is 2.91. The van der Waals surface area contributed by atoms with Gasteiger partial charge in [0.25, 0.3) is 5.91 Å². The second-order valence-corrected chi connectivity index (χ2v) is 6.67. The van der Waals surface area contributed by atoms with Gasteiger partial charge in [-0.2, -0.15) is 0 Å². The fraction of sp³-hybridized carbons (Fsp3) is 0.526. The summed E-state index contributed by atoms with van der Waals surface area (Å²) < 4.78 is 5.62. The van der Waals surface area contributed by atoms with Gasteiger partial charge in [-0.3, -0.25) is 15.6 Å². The predicted octanol–water partition coefficient (Wildman–Crippen LogP) is 2.75. The SMILES string of the molecule is C=C(C)COc1cccc(C(=O)N(C)CC2CC(CCC)NN2)c1. The molecule has 24 heavy (non-hydrogen) atoms. The quantitative estimate of drug-likeness (QED) is 0.719. The van der Waals surface area contributed by atoms with Crippen molar-refractivity contribution in [1.29, 1.82) is 0 Å². The second kappa shape index (κ2) is 8.85. The van der Waals surface area contributed by atoms with Crippen LogP contribution in [-0.2, 0) is 0 Å². The van der Waals surface area contributed by atoms with Gasteiger partial charge in [-0.25, -0.2) is 0 Å². The lowest BCUT2D eigenvalue weighted by molar-refractivity contribution is 0.0782. The Morgan fingerprint density at radius 1 is 1.38 bits per heavy atom. The van der Waals surface area contributed by atoms with Gasteiger partial charge in [-0.1, -0.05) is 26.0 Å². The van der Waals surface area contributed by atoms with E-state index in [0.29, 0.717) is 36.5 Å². The number of carbonyl (C=O) groups excluding carboxylic acids is 1. The van der Waals surface area contributed by atoms with Crippen LogP contribution in [0.1, 0.15) is 43.5 Å². The molecule has 1 fully saturated rings. The van der Waals surface area contributed by atoms with Crippen LogP contribution in [0.15, 0.2) is 36.4 Å². The summed E-state index contributed by atoms with van der Waals surface area (Å²) >= 11 is 0. The lowest BCUT2D eigenvalue weighted by Gasteiger charge is -2.21. The largest absolute Gasteiger partial charge is 0.489 e. The smallest absolute Gasteiger partial charge is 0.253 e. The standard InChI is InChI=1S/C19H29N3O2/c1-5-7-16-11-17(21-20-16)12-22(4)19(23)15-8-6-9-18(10-15)24-13-14(2)3/h6,8-10,16-17,20-21H,2,5,7,11-13H2,1,3-4H3. The molecule has 132 valence electrons. The molecule has 1 aliphatic rings. The van der Waals surface area contributed by atoms with Crippen molar-refractivity contribution in [2.75, 3.05) is 20.2 Å². The minimum Gasteiger partial charge on any atom is -0.489 e. The molecule has 0 radical (unpaired) electrons. The van der Waals surface area contributed by atoms with Gasteiger partial charge in [0.05, 0.1) is 0 Å². The van der Waals surface area contributed by atoms with Gasteiger partial charge in [0.2, 0.25) is 0 Å². The van der Waals surface area contributed by atoms with Gasteiger partial charge in [0.1, 0.15) is 12.4 Å². The Labute approximate surface area is 145 Å². The molecule has 0 bridgehead atoms. The minimum atomic E-state index is 0.0107. The molecule has 0 aliphatic carbocycles. The summed E-state index contributed by atoms with van der Waals surface area (Å²) in [5.74, 6) is 0.706. The summed E-state index contributed by atoms with van der Waals surface area (Å²) in [6, 6.07) is 8.12. The molecule has 5 nitrogen and oxygen atoms in total. The van der Waals surface area contributed by atoms with E-state index in [1.807, 2.05) is 32.2 Å². The lowest BCUT2D eigenvalue weighted by Crippen LogP contribution is -2.41. The minimum absolute atomic E-state index is 0.0107. The first-order valence-corrected chi connectivity index (χ1v) is 8.63. The van der Waals surface area contributed by atoms with Crippen molar-refractivity contribution in [3.8, 4) is 5.75 Å². The van der Waals surface area contributed by atoms with Gasteiger partial charge >= 0.3 is 0 Å². The van der Waals surface area contributed by atoms with Crippen LogP contribution in [0.5, 0.6) is 5.75 Å². The molecule has 2 unspecified atom stereocenters. The van der Waals surface area contributed by atoms with Crippen LogP contribution in [0.3, 0.4) is 0 Å². The molecule has 0 saturated carbocycles. The first-order chi connectivity index (χ1) is 11.5. The van der Waals surface area contributed by atoms with Gasteiger partial charge < -0.3 is 9.64 Å². The molecule has 5 heteroatoms. The Hall–Kier alpha value is -1.85. The number of hydrogen-bond donors (Lipinski definition) is 2. The Morgan fingerprint density at radius 2 is 2.12 bits per heavy atom. The third-order valence-electron chi connectivity index (χ3n) is 4.10. The van der Waals surface area contributed by atoms with Crippen molar-refractivity contribution in [2.24, 2.45) is 0 Å². The number of carbonyl (C=O) groups is 1. The van der Waals surface area contributed by atoms with E-state index in [-0.39, 0.29) is 5.91 Å².